The Hall–Kier alpha value is -4.66. The Balaban J connectivity index is 1.60. The van der Waals surface area contributed by atoms with Gasteiger partial charge in [0.15, 0.2) is 0 Å². The summed E-state index contributed by atoms with van der Waals surface area (Å²) in [5, 5.41) is 4.20. The molecule has 0 bridgehead atoms. The molecule has 0 aliphatic rings. The van der Waals surface area contributed by atoms with Crippen LogP contribution in [0.2, 0.25) is 0 Å². The van der Waals surface area contributed by atoms with Crippen LogP contribution in [0.1, 0.15) is 32.2 Å². The highest BCUT2D eigenvalue weighted by Gasteiger charge is 2.27. The average molecular weight is 539 g/mol. The van der Waals surface area contributed by atoms with Gasteiger partial charge in [0.05, 0.1) is 28.4 Å². The zero-order valence-electron chi connectivity index (χ0n) is 23.4. The van der Waals surface area contributed by atoms with Gasteiger partial charge < -0.3 is 4.74 Å². The SMILES string of the molecule is Cn1cc(-c2cc3nc(C(C)(C)C)n(-c4cc(OCc5ccccc5)c5c(c4)n(C)c(=O)n5C)c3cc2F)cn1. The van der Waals surface area contributed by atoms with Crippen LogP contribution in [-0.2, 0) is 33.2 Å². The molecule has 0 radical (unpaired) electrons. The molecular weight excluding hydrogens is 507 g/mol. The van der Waals surface area contributed by atoms with E-state index in [0.29, 0.717) is 45.6 Å². The summed E-state index contributed by atoms with van der Waals surface area (Å²) in [7, 11) is 5.28. The summed E-state index contributed by atoms with van der Waals surface area (Å²) in [5.41, 5.74) is 5.05. The van der Waals surface area contributed by atoms with Gasteiger partial charge in [-0.25, -0.2) is 14.2 Å². The molecule has 6 aromatic rings. The van der Waals surface area contributed by atoms with Crippen LogP contribution in [0.15, 0.2) is 71.8 Å². The molecule has 0 aliphatic heterocycles. The fourth-order valence-electron chi connectivity index (χ4n) is 5.21. The molecule has 3 aromatic heterocycles. The molecule has 40 heavy (non-hydrogen) atoms. The molecule has 0 atom stereocenters. The molecule has 6 rings (SSSR count). The average Bonchev–Trinajstić information content (AvgIpc) is 3.58. The van der Waals surface area contributed by atoms with E-state index in [4.69, 9.17) is 9.72 Å². The summed E-state index contributed by atoms with van der Waals surface area (Å²) in [4.78, 5) is 18.0. The smallest absolute Gasteiger partial charge is 0.328 e. The molecule has 0 spiro atoms. The van der Waals surface area contributed by atoms with E-state index in [0.717, 1.165) is 17.1 Å². The number of aryl methyl sites for hydroxylation is 3. The molecule has 3 aromatic carbocycles. The summed E-state index contributed by atoms with van der Waals surface area (Å²) >= 11 is 0. The van der Waals surface area contributed by atoms with Gasteiger partial charge in [-0.2, -0.15) is 5.10 Å². The maximum atomic E-state index is 15.6. The van der Waals surface area contributed by atoms with Crippen LogP contribution in [0.25, 0.3) is 38.9 Å². The lowest BCUT2D eigenvalue weighted by Crippen LogP contribution is -2.19. The van der Waals surface area contributed by atoms with Gasteiger partial charge in [0, 0.05) is 56.0 Å². The Labute approximate surface area is 230 Å². The summed E-state index contributed by atoms with van der Waals surface area (Å²) in [6.07, 6.45) is 3.43. The summed E-state index contributed by atoms with van der Waals surface area (Å²) in [6.45, 7) is 6.56. The van der Waals surface area contributed by atoms with Crippen LogP contribution in [0.4, 0.5) is 4.39 Å². The number of hydrogen-bond donors (Lipinski definition) is 0. The van der Waals surface area contributed by atoms with Gasteiger partial charge in [0.1, 0.15) is 29.5 Å². The lowest BCUT2D eigenvalue weighted by atomic mass is 9.95. The first-order chi connectivity index (χ1) is 19.0. The standard InChI is InChI=1S/C31H31FN6O2/c1-31(2,3)29-34-24-14-22(20-16-33-35(4)17-20)23(32)15-25(24)38(29)21-12-26-28(37(6)30(39)36(26)5)27(13-21)40-18-19-10-8-7-9-11-19/h7-17H,18H2,1-6H3. The van der Waals surface area contributed by atoms with Crippen LogP contribution < -0.4 is 10.4 Å². The monoisotopic (exact) mass is 538 g/mol. The first-order valence-electron chi connectivity index (χ1n) is 13.1. The van der Waals surface area contributed by atoms with Crippen molar-refractivity contribution in [1.82, 2.24) is 28.5 Å². The van der Waals surface area contributed by atoms with E-state index in [1.807, 2.05) is 47.0 Å². The Kier molecular flexibility index (Phi) is 5.90. The van der Waals surface area contributed by atoms with E-state index in [1.54, 1.807) is 53.4 Å². The molecule has 0 saturated heterocycles. The zero-order valence-corrected chi connectivity index (χ0v) is 23.4. The first-order valence-corrected chi connectivity index (χ1v) is 13.1. The molecule has 8 nitrogen and oxygen atoms in total. The molecule has 204 valence electrons. The van der Waals surface area contributed by atoms with Gasteiger partial charge in [-0.3, -0.25) is 18.4 Å². The van der Waals surface area contributed by atoms with Crippen molar-refractivity contribution < 1.29 is 9.13 Å². The fourth-order valence-corrected chi connectivity index (χ4v) is 5.21. The van der Waals surface area contributed by atoms with E-state index < -0.39 is 0 Å². The van der Waals surface area contributed by atoms with E-state index in [9.17, 15) is 4.79 Å². The Morgan fingerprint density at radius 1 is 0.950 bits per heavy atom. The molecule has 0 N–H and O–H groups in total. The highest BCUT2D eigenvalue weighted by atomic mass is 19.1. The number of rotatable bonds is 5. The van der Waals surface area contributed by atoms with E-state index in [-0.39, 0.29) is 16.9 Å². The lowest BCUT2D eigenvalue weighted by Gasteiger charge is -2.21. The third-order valence-electron chi connectivity index (χ3n) is 7.24. The number of benzene rings is 3. The second-order valence-corrected chi connectivity index (χ2v) is 11.2. The number of imidazole rings is 2. The quantitative estimate of drug-likeness (QED) is 0.285. The second-order valence-electron chi connectivity index (χ2n) is 11.2. The third-order valence-corrected chi connectivity index (χ3v) is 7.24. The Bertz CT molecular complexity index is 1950. The molecular formula is C31H31FN6O2. The lowest BCUT2D eigenvalue weighted by molar-refractivity contribution is 0.308. The van der Waals surface area contributed by atoms with Crippen LogP contribution in [-0.4, -0.2) is 28.5 Å². The number of halogens is 1. The van der Waals surface area contributed by atoms with Gasteiger partial charge in [0.2, 0.25) is 0 Å². The minimum atomic E-state index is -0.369. The van der Waals surface area contributed by atoms with Gasteiger partial charge in [-0.05, 0) is 17.7 Å². The topological polar surface area (TPSA) is 71.8 Å². The first kappa shape index (κ1) is 25.6. The van der Waals surface area contributed by atoms with E-state index in [1.165, 1.54) is 6.07 Å². The molecule has 3 heterocycles. The Morgan fingerprint density at radius 3 is 2.38 bits per heavy atom. The molecule has 0 unspecified atom stereocenters. The Morgan fingerprint density at radius 2 is 1.70 bits per heavy atom. The maximum absolute atomic E-state index is 15.6. The number of hydrogen-bond acceptors (Lipinski definition) is 4. The van der Waals surface area contributed by atoms with Gasteiger partial charge >= 0.3 is 5.69 Å². The van der Waals surface area contributed by atoms with Gasteiger partial charge in [0.25, 0.3) is 0 Å². The maximum Gasteiger partial charge on any atom is 0.328 e. The zero-order chi connectivity index (χ0) is 28.3. The van der Waals surface area contributed by atoms with Crippen LogP contribution in [0.3, 0.4) is 0 Å². The van der Waals surface area contributed by atoms with Crippen LogP contribution in [0.5, 0.6) is 5.75 Å². The highest BCUT2D eigenvalue weighted by Crippen LogP contribution is 2.36. The summed E-state index contributed by atoms with van der Waals surface area (Å²) in [5.74, 6) is 0.959. The van der Waals surface area contributed by atoms with Crippen molar-refractivity contribution in [3.63, 3.8) is 0 Å². The normalized spacial score (nSPS) is 12.1. The number of aromatic nitrogens is 6. The molecule has 0 saturated carbocycles. The number of ether oxygens (including phenoxy) is 1. The van der Waals surface area contributed by atoms with Gasteiger partial charge in [-0.15, -0.1) is 0 Å². The second kappa shape index (κ2) is 9.22. The third kappa shape index (κ3) is 4.18. The largest absolute Gasteiger partial charge is 0.487 e. The van der Waals surface area contributed by atoms with Crippen LogP contribution in [0, 0.1) is 5.82 Å². The molecule has 9 heteroatoms. The van der Waals surface area contributed by atoms with Crippen LogP contribution >= 0.6 is 0 Å². The molecule has 0 fully saturated rings. The highest BCUT2D eigenvalue weighted by molar-refractivity contribution is 5.88. The van der Waals surface area contributed by atoms with Crippen molar-refractivity contribution in [2.45, 2.75) is 32.8 Å². The number of fused-ring (bicyclic) bond motifs is 2. The number of nitrogens with zero attached hydrogens (tertiary/aromatic N) is 6. The predicted molar refractivity (Wildman–Crippen MR) is 154 cm³/mol. The van der Waals surface area contributed by atoms with Crippen molar-refractivity contribution in [2.24, 2.45) is 21.1 Å². The van der Waals surface area contributed by atoms with Crippen molar-refractivity contribution >= 4 is 22.1 Å². The minimum Gasteiger partial charge on any atom is -0.487 e. The van der Waals surface area contributed by atoms with Crippen molar-refractivity contribution in [3.8, 4) is 22.6 Å². The summed E-state index contributed by atoms with van der Waals surface area (Å²) in [6, 6.07) is 17.0. The van der Waals surface area contributed by atoms with Crippen molar-refractivity contribution in [2.75, 3.05) is 0 Å². The minimum absolute atomic E-state index is 0.157. The fraction of sp³-hybridized carbons (Fsp3) is 0.258. The molecule has 0 amide bonds. The summed E-state index contributed by atoms with van der Waals surface area (Å²) < 4.78 is 28.8. The van der Waals surface area contributed by atoms with Crippen molar-refractivity contribution in [1.29, 1.82) is 0 Å². The molecule has 0 aliphatic carbocycles. The van der Waals surface area contributed by atoms with E-state index in [2.05, 4.69) is 25.9 Å². The van der Waals surface area contributed by atoms with E-state index >= 15 is 4.39 Å². The van der Waals surface area contributed by atoms with Gasteiger partial charge in [-0.1, -0.05) is 51.1 Å². The van der Waals surface area contributed by atoms with Crippen molar-refractivity contribution in [3.05, 3.63) is 94.7 Å². The predicted octanol–water partition coefficient (Wildman–Crippen LogP) is 5.63.